The minimum absolute atomic E-state index is 0.0543. The van der Waals surface area contributed by atoms with E-state index in [0.29, 0.717) is 13.1 Å². The highest BCUT2D eigenvalue weighted by molar-refractivity contribution is 7.12. The predicted molar refractivity (Wildman–Crippen MR) is 73.4 cm³/mol. The lowest BCUT2D eigenvalue weighted by molar-refractivity contribution is -0.146. The minimum Gasteiger partial charge on any atom is -0.481 e. The van der Waals surface area contributed by atoms with Crippen molar-refractivity contribution in [1.82, 2.24) is 10.2 Å². The van der Waals surface area contributed by atoms with E-state index in [4.69, 9.17) is 5.11 Å². The third-order valence-corrected chi connectivity index (χ3v) is 4.39. The molecule has 0 radical (unpaired) electrons. The molecule has 1 aliphatic heterocycles. The van der Waals surface area contributed by atoms with Crippen molar-refractivity contribution in [1.29, 1.82) is 0 Å². The van der Waals surface area contributed by atoms with Crippen LogP contribution >= 0.6 is 11.3 Å². The van der Waals surface area contributed by atoms with Crippen LogP contribution in [-0.4, -0.2) is 35.1 Å². The molecule has 19 heavy (non-hydrogen) atoms. The minimum atomic E-state index is -0.832. The summed E-state index contributed by atoms with van der Waals surface area (Å²) in [6, 6.07) is 1.84. The second-order valence-corrected chi connectivity index (χ2v) is 6.44. The van der Waals surface area contributed by atoms with Gasteiger partial charge in [-0.3, -0.25) is 4.79 Å². The Hall–Kier alpha value is -1.56. The first kappa shape index (κ1) is 13.9. The topological polar surface area (TPSA) is 69.6 Å². The summed E-state index contributed by atoms with van der Waals surface area (Å²) in [5.41, 5.74) is 1.13. The third-order valence-electron chi connectivity index (χ3n) is 3.40. The van der Waals surface area contributed by atoms with Gasteiger partial charge in [-0.25, -0.2) is 4.79 Å². The van der Waals surface area contributed by atoms with Crippen LogP contribution in [0.5, 0.6) is 0 Å². The molecule has 0 spiro atoms. The van der Waals surface area contributed by atoms with Crippen molar-refractivity contribution in [2.45, 2.75) is 26.8 Å². The molecule has 2 amide bonds. The first-order chi connectivity index (χ1) is 8.88. The van der Waals surface area contributed by atoms with E-state index in [2.05, 4.69) is 11.4 Å². The summed E-state index contributed by atoms with van der Waals surface area (Å²) in [5, 5.41) is 11.7. The number of hydrogen-bond donors (Lipinski definition) is 2. The number of aryl methyl sites for hydroxylation is 2. The fraction of sp³-hybridized carbons (Fsp3) is 0.538. The second-order valence-electron chi connectivity index (χ2n) is 4.98. The zero-order valence-corrected chi connectivity index (χ0v) is 12.1. The summed E-state index contributed by atoms with van der Waals surface area (Å²) in [7, 11) is 0. The molecule has 1 aliphatic rings. The van der Waals surface area contributed by atoms with E-state index in [0.717, 1.165) is 5.56 Å². The van der Waals surface area contributed by atoms with Gasteiger partial charge >= 0.3 is 12.0 Å². The number of carboxylic acids is 1. The summed E-state index contributed by atoms with van der Waals surface area (Å²) in [6.45, 7) is 6.63. The quantitative estimate of drug-likeness (QED) is 0.892. The van der Waals surface area contributed by atoms with E-state index < -0.39 is 11.9 Å². The number of likely N-dealkylation sites (tertiary alicyclic amines) is 1. The molecule has 1 aromatic heterocycles. The summed E-state index contributed by atoms with van der Waals surface area (Å²) < 4.78 is 0. The van der Waals surface area contributed by atoms with E-state index in [1.165, 1.54) is 14.7 Å². The van der Waals surface area contributed by atoms with E-state index in [-0.39, 0.29) is 12.1 Å². The summed E-state index contributed by atoms with van der Waals surface area (Å²) in [6.07, 6.45) is 0. The van der Waals surface area contributed by atoms with Gasteiger partial charge in [0.05, 0.1) is 12.0 Å². The van der Waals surface area contributed by atoms with Gasteiger partial charge in [-0.1, -0.05) is 0 Å². The largest absolute Gasteiger partial charge is 0.481 e. The molecular formula is C13H18N2O3S. The first-order valence-electron chi connectivity index (χ1n) is 6.23. The molecule has 5 nitrogen and oxygen atoms in total. The normalized spacial score (nSPS) is 16.9. The lowest BCUT2D eigenvalue weighted by Gasteiger charge is -2.37. The first-order valence-corrected chi connectivity index (χ1v) is 7.05. The van der Waals surface area contributed by atoms with Crippen LogP contribution < -0.4 is 5.32 Å². The molecule has 2 N–H and O–H groups in total. The Bertz CT molecular complexity index is 506. The Labute approximate surface area is 116 Å². The zero-order valence-electron chi connectivity index (χ0n) is 11.3. The Balaban J connectivity index is 1.90. The smallest absolute Gasteiger partial charge is 0.317 e. The fourth-order valence-corrected chi connectivity index (χ4v) is 3.26. The Morgan fingerprint density at radius 3 is 2.58 bits per heavy atom. The Kier molecular flexibility index (Phi) is 3.80. The number of rotatable bonds is 3. The van der Waals surface area contributed by atoms with Gasteiger partial charge in [0.2, 0.25) is 0 Å². The van der Waals surface area contributed by atoms with E-state index >= 15 is 0 Å². The zero-order chi connectivity index (χ0) is 14.2. The van der Waals surface area contributed by atoms with Crippen LogP contribution in [-0.2, 0) is 4.79 Å². The average Bonchev–Trinajstić information content (AvgIpc) is 2.54. The highest BCUT2D eigenvalue weighted by Crippen LogP contribution is 2.26. The number of hydrogen-bond acceptors (Lipinski definition) is 3. The van der Waals surface area contributed by atoms with Crippen molar-refractivity contribution in [3.8, 4) is 0 Å². The van der Waals surface area contributed by atoms with E-state index in [1.54, 1.807) is 11.3 Å². The SMILES string of the molecule is Cc1cc(C(C)NC(=O)N2CC(C(=O)O)C2)c(C)s1. The van der Waals surface area contributed by atoms with Crippen LogP contribution in [0.4, 0.5) is 4.79 Å². The summed E-state index contributed by atoms with van der Waals surface area (Å²) >= 11 is 1.71. The molecular weight excluding hydrogens is 264 g/mol. The molecule has 104 valence electrons. The van der Waals surface area contributed by atoms with Gasteiger partial charge in [0.1, 0.15) is 0 Å². The molecule has 6 heteroatoms. The van der Waals surface area contributed by atoms with E-state index in [9.17, 15) is 9.59 Å². The van der Waals surface area contributed by atoms with Crippen molar-refractivity contribution >= 4 is 23.3 Å². The van der Waals surface area contributed by atoms with Crippen molar-refractivity contribution in [2.75, 3.05) is 13.1 Å². The van der Waals surface area contributed by atoms with Gasteiger partial charge in [0.25, 0.3) is 0 Å². The molecule has 0 aliphatic carbocycles. The molecule has 0 bridgehead atoms. The molecule has 2 heterocycles. The van der Waals surface area contributed by atoms with Crippen LogP contribution in [0.25, 0.3) is 0 Å². The number of nitrogens with zero attached hydrogens (tertiary/aromatic N) is 1. The number of nitrogens with one attached hydrogen (secondary N) is 1. The molecule has 1 aromatic rings. The number of aliphatic carboxylic acids is 1. The van der Waals surface area contributed by atoms with Gasteiger partial charge < -0.3 is 15.3 Å². The van der Waals surface area contributed by atoms with Crippen LogP contribution in [0, 0.1) is 19.8 Å². The van der Waals surface area contributed by atoms with Gasteiger partial charge in [0, 0.05) is 22.8 Å². The molecule has 1 saturated heterocycles. The van der Waals surface area contributed by atoms with Gasteiger partial charge in [-0.2, -0.15) is 0 Å². The third kappa shape index (κ3) is 2.89. The maximum Gasteiger partial charge on any atom is 0.317 e. The van der Waals surface area contributed by atoms with Crippen molar-refractivity contribution in [3.05, 3.63) is 21.4 Å². The number of carboxylic acid groups (broad SMARTS) is 1. The number of thiophene rings is 1. The maximum atomic E-state index is 11.9. The van der Waals surface area contributed by atoms with Gasteiger partial charge in [0.15, 0.2) is 0 Å². The van der Waals surface area contributed by atoms with Crippen LogP contribution in [0.2, 0.25) is 0 Å². The Morgan fingerprint density at radius 1 is 1.47 bits per heavy atom. The van der Waals surface area contributed by atoms with Gasteiger partial charge in [-0.05, 0) is 32.4 Å². The standard InChI is InChI=1S/C13H18N2O3S/c1-7-4-11(9(3)19-7)8(2)14-13(18)15-5-10(6-15)12(16)17/h4,8,10H,5-6H2,1-3H3,(H,14,18)(H,16,17). The highest BCUT2D eigenvalue weighted by Gasteiger charge is 2.36. The second kappa shape index (κ2) is 5.21. The number of carbonyl (C=O) groups excluding carboxylic acids is 1. The molecule has 0 aromatic carbocycles. The van der Waals surface area contributed by atoms with Crippen LogP contribution in [0.3, 0.4) is 0 Å². The summed E-state index contributed by atoms with van der Waals surface area (Å²) in [4.78, 5) is 26.6. The number of urea groups is 1. The van der Waals surface area contributed by atoms with Crippen molar-refractivity contribution < 1.29 is 14.7 Å². The maximum absolute atomic E-state index is 11.9. The van der Waals surface area contributed by atoms with Gasteiger partial charge in [-0.15, -0.1) is 11.3 Å². The highest BCUT2D eigenvalue weighted by atomic mass is 32.1. The number of amides is 2. The monoisotopic (exact) mass is 282 g/mol. The lowest BCUT2D eigenvalue weighted by atomic mass is 10.0. The molecule has 0 saturated carbocycles. The molecule has 1 unspecified atom stereocenters. The van der Waals surface area contributed by atoms with Crippen LogP contribution in [0.1, 0.15) is 28.3 Å². The predicted octanol–water partition coefficient (Wildman–Crippen LogP) is 2.15. The van der Waals surface area contributed by atoms with Crippen molar-refractivity contribution in [3.63, 3.8) is 0 Å². The van der Waals surface area contributed by atoms with E-state index in [1.807, 2.05) is 20.8 Å². The molecule has 2 rings (SSSR count). The Morgan fingerprint density at radius 2 is 2.11 bits per heavy atom. The molecule has 1 fully saturated rings. The fourth-order valence-electron chi connectivity index (χ4n) is 2.24. The average molecular weight is 282 g/mol. The van der Waals surface area contributed by atoms with Crippen molar-refractivity contribution in [2.24, 2.45) is 5.92 Å². The number of carbonyl (C=O) groups is 2. The summed E-state index contributed by atoms with van der Waals surface area (Å²) in [5.74, 6) is -1.24. The molecule has 1 atom stereocenters. The lowest BCUT2D eigenvalue weighted by Crippen LogP contribution is -2.56. The van der Waals surface area contributed by atoms with Crippen LogP contribution in [0.15, 0.2) is 6.07 Å².